The number of rotatable bonds is 20. The minimum absolute atomic E-state index is 0.108. The molecule has 0 radical (unpaired) electrons. The minimum atomic E-state index is -1.30. The Bertz CT molecular complexity index is 1610. The van der Waals surface area contributed by atoms with Crippen LogP contribution < -0.4 is 10.6 Å². The molecule has 3 heterocycles. The van der Waals surface area contributed by atoms with Gasteiger partial charge < -0.3 is 40.3 Å². The summed E-state index contributed by atoms with van der Waals surface area (Å²) in [6, 6.07) is -1.78. The summed E-state index contributed by atoms with van der Waals surface area (Å²) >= 11 is 0. The fourth-order valence-corrected chi connectivity index (χ4v) is 7.59. The molecule has 0 bridgehead atoms. The average molecular weight is 897 g/mol. The fourth-order valence-electron chi connectivity index (χ4n) is 7.59. The van der Waals surface area contributed by atoms with E-state index >= 15 is 0 Å². The summed E-state index contributed by atoms with van der Waals surface area (Å²) in [5, 5.41) is 33.4. The molecule has 3 aliphatic heterocycles. The fraction of sp³-hybridized carbons (Fsp3) is 0.750. The number of carboxylic acid groups (broad SMARTS) is 3. The number of amides is 3. The number of ketones is 2. The molecular weight excluding hydrogens is 832 g/mol. The lowest BCUT2D eigenvalue weighted by Gasteiger charge is -2.34. The first-order valence-electron chi connectivity index (χ1n) is 21.2. The van der Waals surface area contributed by atoms with E-state index in [4.69, 9.17) is 9.47 Å². The highest BCUT2D eigenvalue weighted by Crippen LogP contribution is 2.25. The number of likely N-dealkylation sites (N-methyl/N-ethyl adjacent to an activating group) is 1. The van der Waals surface area contributed by atoms with Gasteiger partial charge in [-0.05, 0) is 32.7 Å². The molecular formula is C40H64N8O15. The van der Waals surface area contributed by atoms with E-state index in [1.54, 1.807) is 40.5 Å². The molecule has 23 heteroatoms. The summed E-state index contributed by atoms with van der Waals surface area (Å²) in [6.07, 6.45) is -1.01. The van der Waals surface area contributed by atoms with Crippen LogP contribution in [0.1, 0.15) is 52.9 Å². The van der Waals surface area contributed by atoms with Crippen molar-refractivity contribution in [3.05, 3.63) is 0 Å². The maximum Gasteiger partial charge on any atom is 0.323 e. The summed E-state index contributed by atoms with van der Waals surface area (Å²) in [5.74, 6) is -8.02. The standard InChI is InChI=1S/C40H64N8O15/c1-26(2)30(38(60)42-27(3)39(61)48-9-5-6-31(48)40-62-36(58)24-43(4)25-37(59)63-40)18-29(50)19-41-32(51)8-7-28(49)20-44-10-12-45(21-33(52)53)14-16-47(23-35(56)57)17-15-46(13-11-44)22-34(54)55/h26-27,30-31,40H,5-25H2,1-4H3,(H,41,51)(H,42,60)(H,52,53)(H,54,55)(H,56,57)/t27-,30+,31?/m1/s1. The van der Waals surface area contributed by atoms with E-state index in [9.17, 15) is 63.3 Å². The molecule has 0 saturated carbocycles. The summed E-state index contributed by atoms with van der Waals surface area (Å²) in [6.45, 7) is 5.38. The molecule has 3 saturated heterocycles. The zero-order valence-electron chi connectivity index (χ0n) is 36.7. The Morgan fingerprint density at radius 1 is 0.667 bits per heavy atom. The first kappa shape index (κ1) is 52.2. The lowest BCUT2D eigenvalue weighted by atomic mass is 9.89. The third kappa shape index (κ3) is 19.0. The lowest BCUT2D eigenvalue weighted by Crippen LogP contribution is -2.55. The number of likely N-dealkylation sites (tertiary alicyclic amines) is 1. The van der Waals surface area contributed by atoms with Crippen molar-refractivity contribution >= 4 is 59.1 Å². The van der Waals surface area contributed by atoms with Gasteiger partial charge in [-0.3, -0.25) is 72.4 Å². The number of Topliss-reactive ketones (excluding diaryl/α,β-unsaturated/α-hetero) is 2. The van der Waals surface area contributed by atoms with Gasteiger partial charge in [0.05, 0.1) is 45.8 Å². The van der Waals surface area contributed by atoms with Crippen LogP contribution in [0.5, 0.6) is 0 Å². The summed E-state index contributed by atoms with van der Waals surface area (Å²) < 4.78 is 10.8. The topological polar surface area (TPSA) is 293 Å². The highest BCUT2D eigenvalue weighted by atomic mass is 16.7. The van der Waals surface area contributed by atoms with Crippen molar-refractivity contribution in [2.75, 3.05) is 112 Å². The second-order valence-corrected chi connectivity index (χ2v) is 16.7. The molecule has 1 unspecified atom stereocenters. The molecule has 3 atom stereocenters. The molecule has 0 aromatic heterocycles. The van der Waals surface area contributed by atoms with Crippen LogP contribution in [0.4, 0.5) is 0 Å². The minimum Gasteiger partial charge on any atom is -0.480 e. The Hall–Kier alpha value is -5.10. The molecule has 354 valence electrons. The van der Waals surface area contributed by atoms with Crippen LogP contribution in [0.3, 0.4) is 0 Å². The highest BCUT2D eigenvalue weighted by Gasteiger charge is 2.42. The van der Waals surface area contributed by atoms with Gasteiger partial charge in [-0.1, -0.05) is 13.8 Å². The van der Waals surface area contributed by atoms with Crippen molar-refractivity contribution in [1.82, 2.24) is 40.0 Å². The molecule has 0 aliphatic carbocycles. The monoisotopic (exact) mass is 896 g/mol. The van der Waals surface area contributed by atoms with Gasteiger partial charge >= 0.3 is 29.8 Å². The molecule has 23 nitrogen and oxygen atoms in total. The molecule has 5 N–H and O–H groups in total. The quantitative estimate of drug-likeness (QED) is 0.0762. The zero-order chi connectivity index (χ0) is 46.8. The van der Waals surface area contributed by atoms with Crippen molar-refractivity contribution in [2.24, 2.45) is 11.8 Å². The van der Waals surface area contributed by atoms with Crippen LogP contribution in [-0.4, -0.2) is 234 Å². The van der Waals surface area contributed by atoms with E-state index in [2.05, 4.69) is 10.6 Å². The third-order valence-corrected chi connectivity index (χ3v) is 11.0. The van der Waals surface area contributed by atoms with Gasteiger partial charge in [0.2, 0.25) is 17.7 Å². The first-order chi connectivity index (χ1) is 29.7. The smallest absolute Gasteiger partial charge is 0.323 e. The van der Waals surface area contributed by atoms with Crippen LogP contribution >= 0.6 is 0 Å². The Labute approximate surface area is 366 Å². The number of nitrogens with one attached hydrogen (secondary N) is 2. The second-order valence-electron chi connectivity index (χ2n) is 16.7. The molecule has 3 fully saturated rings. The van der Waals surface area contributed by atoms with E-state index in [0.717, 1.165) is 0 Å². The molecule has 3 rings (SSSR count). The number of aliphatic carboxylic acids is 3. The van der Waals surface area contributed by atoms with Crippen molar-refractivity contribution in [3.8, 4) is 0 Å². The van der Waals surface area contributed by atoms with Gasteiger partial charge in [0.1, 0.15) is 17.9 Å². The molecule has 0 spiro atoms. The Morgan fingerprint density at radius 2 is 1.13 bits per heavy atom. The number of carbonyl (C=O) groups is 10. The average Bonchev–Trinajstić information content (AvgIpc) is 3.67. The summed E-state index contributed by atoms with van der Waals surface area (Å²) in [5.41, 5.74) is 0. The number of nitrogens with zero attached hydrogens (tertiary/aromatic N) is 6. The molecule has 0 aromatic rings. The van der Waals surface area contributed by atoms with Crippen LogP contribution in [-0.2, 0) is 57.4 Å². The normalized spacial score (nSPS) is 20.8. The number of ether oxygens (including phenoxy) is 2. The van der Waals surface area contributed by atoms with Gasteiger partial charge in [0.15, 0.2) is 5.78 Å². The van der Waals surface area contributed by atoms with Crippen molar-refractivity contribution in [1.29, 1.82) is 0 Å². The van der Waals surface area contributed by atoms with E-state index in [0.29, 0.717) is 12.8 Å². The number of hydrogen-bond acceptors (Lipinski definition) is 17. The Balaban J connectivity index is 1.51. The number of carbonyl (C=O) groups excluding carboxylic acids is 7. The van der Waals surface area contributed by atoms with Crippen LogP contribution in [0.15, 0.2) is 0 Å². The van der Waals surface area contributed by atoms with Gasteiger partial charge in [-0.2, -0.15) is 0 Å². The van der Waals surface area contributed by atoms with Gasteiger partial charge in [-0.15, -0.1) is 0 Å². The zero-order valence-corrected chi connectivity index (χ0v) is 36.7. The predicted octanol–water partition coefficient (Wildman–Crippen LogP) is -2.99. The van der Waals surface area contributed by atoms with E-state index < -0.39 is 84.2 Å². The predicted molar refractivity (Wildman–Crippen MR) is 220 cm³/mol. The van der Waals surface area contributed by atoms with Gasteiger partial charge in [0.25, 0.3) is 6.29 Å². The van der Waals surface area contributed by atoms with Crippen LogP contribution in [0, 0.1) is 11.8 Å². The van der Waals surface area contributed by atoms with E-state index in [1.807, 2.05) is 0 Å². The first-order valence-corrected chi connectivity index (χ1v) is 21.2. The maximum absolute atomic E-state index is 13.5. The van der Waals surface area contributed by atoms with Crippen molar-refractivity contribution in [2.45, 2.75) is 71.2 Å². The lowest BCUT2D eigenvalue weighted by molar-refractivity contribution is -0.205. The highest BCUT2D eigenvalue weighted by molar-refractivity contribution is 5.93. The second kappa shape index (κ2) is 25.9. The van der Waals surface area contributed by atoms with E-state index in [-0.39, 0.29) is 129 Å². The number of hydrogen-bond donors (Lipinski definition) is 5. The largest absolute Gasteiger partial charge is 0.480 e. The SMILES string of the molecule is CC(C)[C@H](CC(=O)CNC(=O)CCC(=O)CN1CCN(CC(=O)O)CCN(CC(=O)O)CCN(CC(=O)O)CC1)C(=O)N[C@H](C)C(=O)N1CCCC1C1OC(=O)CN(C)CC(=O)O1. The number of cyclic esters (lactones) is 2. The van der Waals surface area contributed by atoms with Crippen molar-refractivity contribution in [3.63, 3.8) is 0 Å². The Kier molecular flexibility index (Phi) is 21.5. The summed E-state index contributed by atoms with van der Waals surface area (Å²) in [4.78, 5) is 135. The molecule has 3 aliphatic rings. The van der Waals surface area contributed by atoms with Gasteiger partial charge in [-0.25, -0.2) is 0 Å². The molecule has 63 heavy (non-hydrogen) atoms. The van der Waals surface area contributed by atoms with Crippen LogP contribution in [0.2, 0.25) is 0 Å². The van der Waals surface area contributed by atoms with Crippen molar-refractivity contribution < 1.29 is 72.7 Å². The molecule has 3 amide bonds. The number of carboxylic acids is 3. The van der Waals surface area contributed by atoms with Gasteiger partial charge in [0, 0.05) is 84.1 Å². The van der Waals surface area contributed by atoms with Crippen LogP contribution in [0.25, 0.3) is 0 Å². The molecule has 0 aromatic carbocycles. The Morgan fingerprint density at radius 3 is 1.57 bits per heavy atom. The summed E-state index contributed by atoms with van der Waals surface area (Å²) in [7, 11) is 1.57. The maximum atomic E-state index is 13.5. The van der Waals surface area contributed by atoms with E-state index in [1.165, 1.54) is 16.7 Å². The number of esters is 2. The third-order valence-electron chi connectivity index (χ3n) is 11.0.